The Labute approximate surface area is 119 Å². The molecule has 3 rings (SSSR count). The van der Waals surface area contributed by atoms with Gasteiger partial charge >= 0.3 is 0 Å². The van der Waals surface area contributed by atoms with Crippen molar-refractivity contribution < 1.29 is 18.3 Å². The van der Waals surface area contributed by atoms with Crippen molar-refractivity contribution in [1.29, 1.82) is 0 Å². The Morgan fingerprint density at radius 3 is 2.79 bits per heavy atom. The molecule has 3 aliphatic rings. The Hall–Kier alpha value is 0.220. The highest BCUT2D eigenvalue weighted by Crippen LogP contribution is 2.43. The van der Waals surface area contributed by atoms with Gasteiger partial charge in [0.1, 0.15) is 0 Å². The summed E-state index contributed by atoms with van der Waals surface area (Å²) in [5.41, 5.74) is -0.0357. The van der Waals surface area contributed by atoms with Crippen LogP contribution in [0.5, 0.6) is 0 Å². The van der Waals surface area contributed by atoms with Gasteiger partial charge in [0, 0.05) is 12.4 Å². The van der Waals surface area contributed by atoms with Crippen molar-refractivity contribution in [2.75, 3.05) is 29.6 Å². The van der Waals surface area contributed by atoms with E-state index in [9.17, 15) is 13.5 Å². The number of aliphatic hydroxyl groups is 1. The van der Waals surface area contributed by atoms with Crippen molar-refractivity contribution in [2.45, 2.75) is 37.4 Å². The molecular weight excluding hydrogens is 284 g/mol. The Bertz CT molecular complexity index is 428. The summed E-state index contributed by atoms with van der Waals surface area (Å²) in [6, 6.07) is 0. The molecule has 4 atom stereocenters. The second kappa shape index (κ2) is 5.20. The molecule has 6 heteroatoms. The summed E-state index contributed by atoms with van der Waals surface area (Å²) in [5, 5.41) is 10.5. The normalized spacial score (nSPS) is 43.6. The lowest BCUT2D eigenvalue weighted by molar-refractivity contribution is -0.107. The van der Waals surface area contributed by atoms with E-state index >= 15 is 0 Å². The minimum Gasteiger partial charge on any atom is -0.393 e. The Kier molecular flexibility index (Phi) is 3.88. The van der Waals surface area contributed by atoms with Crippen LogP contribution in [0, 0.1) is 11.8 Å². The van der Waals surface area contributed by atoms with Gasteiger partial charge in [0.2, 0.25) is 0 Å². The largest absolute Gasteiger partial charge is 0.393 e. The van der Waals surface area contributed by atoms with Crippen LogP contribution in [-0.2, 0) is 14.6 Å². The van der Waals surface area contributed by atoms with E-state index in [2.05, 4.69) is 0 Å². The van der Waals surface area contributed by atoms with Crippen molar-refractivity contribution in [3.8, 4) is 0 Å². The van der Waals surface area contributed by atoms with E-state index in [1.54, 1.807) is 0 Å². The van der Waals surface area contributed by atoms with E-state index in [-0.39, 0.29) is 28.9 Å². The molecule has 0 aromatic rings. The molecule has 3 saturated heterocycles. The summed E-state index contributed by atoms with van der Waals surface area (Å²) >= 11 is 1.92. The monoisotopic (exact) mass is 306 g/mol. The van der Waals surface area contributed by atoms with Gasteiger partial charge in [0.25, 0.3) is 0 Å². The first-order valence-electron chi connectivity index (χ1n) is 7.10. The lowest BCUT2D eigenvalue weighted by Gasteiger charge is -2.40. The number of aliphatic hydroxyl groups excluding tert-OH is 1. The molecule has 3 fully saturated rings. The van der Waals surface area contributed by atoms with E-state index in [1.165, 1.54) is 0 Å². The van der Waals surface area contributed by atoms with Gasteiger partial charge in [0.05, 0.1) is 23.2 Å². The Morgan fingerprint density at radius 2 is 2.16 bits per heavy atom. The molecule has 0 bridgehead atoms. The molecule has 19 heavy (non-hydrogen) atoms. The van der Waals surface area contributed by atoms with E-state index in [1.807, 2.05) is 11.8 Å². The van der Waals surface area contributed by atoms with Crippen LogP contribution in [0.4, 0.5) is 0 Å². The zero-order valence-electron chi connectivity index (χ0n) is 11.1. The van der Waals surface area contributed by atoms with E-state index < -0.39 is 15.9 Å². The highest BCUT2D eigenvalue weighted by molar-refractivity contribution is 7.99. The fraction of sp³-hybridized carbons (Fsp3) is 1.00. The first-order chi connectivity index (χ1) is 9.00. The van der Waals surface area contributed by atoms with Crippen LogP contribution in [0.1, 0.15) is 25.7 Å². The molecule has 110 valence electrons. The highest BCUT2D eigenvalue weighted by Gasteiger charge is 2.45. The van der Waals surface area contributed by atoms with Crippen molar-refractivity contribution in [1.82, 2.24) is 0 Å². The van der Waals surface area contributed by atoms with E-state index in [0.29, 0.717) is 13.0 Å². The molecule has 3 aliphatic heterocycles. The Balaban J connectivity index is 1.65. The van der Waals surface area contributed by atoms with Gasteiger partial charge in [-0.2, -0.15) is 11.8 Å². The van der Waals surface area contributed by atoms with Gasteiger partial charge in [-0.3, -0.25) is 0 Å². The standard InChI is InChI=1S/C13H22O4S2/c14-12(11-2-6-19(15,16)8-11)10-1-4-17-13(7-10)3-5-18-9-13/h10-12,14H,1-9H2. The van der Waals surface area contributed by atoms with Crippen molar-refractivity contribution in [2.24, 2.45) is 11.8 Å². The second-order valence-corrected chi connectivity index (χ2v) is 9.57. The van der Waals surface area contributed by atoms with E-state index in [0.717, 1.165) is 30.8 Å². The maximum Gasteiger partial charge on any atom is 0.150 e. The minimum absolute atomic E-state index is 0.0357. The van der Waals surface area contributed by atoms with Gasteiger partial charge in [-0.15, -0.1) is 0 Å². The second-order valence-electron chi connectivity index (χ2n) is 6.24. The fourth-order valence-electron chi connectivity index (χ4n) is 3.70. The van der Waals surface area contributed by atoms with Crippen LogP contribution < -0.4 is 0 Å². The maximum atomic E-state index is 11.5. The van der Waals surface area contributed by atoms with Crippen molar-refractivity contribution in [3.05, 3.63) is 0 Å². The van der Waals surface area contributed by atoms with Gasteiger partial charge < -0.3 is 9.84 Å². The minimum atomic E-state index is -2.90. The lowest BCUT2D eigenvalue weighted by Crippen LogP contribution is -2.45. The zero-order chi connectivity index (χ0) is 13.5. The molecule has 0 aromatic heterocycles. The van der Waals surface area contributed by atoms with Gasteiger partial charge in [-0.05, 0) is 43.3 Å². The average Bonchev–Trinajstić information content (AvgIpc) is 2.96. The van der Waals surface area contributed by atoms with Gasteiger partial charge in [-0.1, -0.05) is 0 Å². The lowest BCUT2D eigenvalue weighted by atomic mass is 9.78. The summed E-state index contributed by atoms with van der Waals surface area (Å²) in [7, 11) is -2.90. The summed E-state index contributed by atoms with van der Waals surface area (Å²) in [4.78, 5) is 0. The van der Waals surface area contributed by atoms with Crippen LogP contribution in [-0.4, -0.2) is 54.8 Å². The zero-order valence-corrected chi connectivity index (χ0v) is 12.7. The van der Waals surface area contributed by atoms with Crippen LogP contribution in [0.3, 0.4) is 0 Å². The molecule has 1 spiro atoms. The van der Waals surface area contributed by atoms with Crippen LogP contribution in [0.25, 0.3) is 0 Å². The first kappa shape index (κ1) is 14.2. The van der Waals surface area contributed by atoms with Gasteiger partial charge in [-0.25, -0.2) is 8.42 Å². The average molecular weight is 306 g/mol. The summed E-state index contributed by atoms with van der Waals surface area (Å²) < 4.78 is 29.0. The number of hydrogen-bond acceptors (Lipinski definition) is 5. The third-order valence-electron chi connectivity index (χ3n) is 4.83. The third-order valence-corrected chi connectivity index (χ3v) is 7.85. The molecule has 0 aliphatic carbocycles. The van der Waals surface area contributed by atoms with E-state index in [4.69, 9.17) is 4.74 Å². The molecule has 0 amide bonds. The smallest absolute Gasteiger partial charge is 0.150 e. The van der Waals surface area contributed by atoms with Crippen LogP contribution in [0.15, 0.2) is 0 Å². The fourth-order valence-corrected chi connectivity index (χ4v) is 6.92. The van der Waals surface area contributed by atoms with Crippen molar-refractivity contribution >= 4 is 21.6 Å². The molecule has 1 N–H and O–H groups in total. The Morgan fingerprint density at radius 1 is 1.32 bits per heavy atom. The molecule has 4 unspecified atom stereocenters. The predicted molar refractivity (Wildman–Crippen MR) is 76.1 cm³/mol. The quantitative estimate of drug-likeness (QED) is 0.827. The van der Waals surface area contributed by atoms with Crippen molar-refractivity contribution in [3.63, 3.8) is 0 Å². The first-order valence-corrected chi connectivity index (χ1v) is 10.1. The highest BCUT2D eigenvalue weighted by atomic mass is 32.2. The molecule has 0 radical (unpaired) electrons. The SMILES string of the molecule is O=S1(=O)CCC(C(O)C2CCOC3(CCSC3)C2)C1. The number of sulfone groups is 1. The molecule has 4 nitrogen and oxygen atoms in total. The maximum absolute atomic E-state index is 11.5. The van der Waals surface area contributed by atoms with Gasteiger partial charge in [0.15, 0.2) is 9.84 Å². The topological polar surface area (TPSA) is 63.6 Å². The molecular formula is C13H22O4S2. The summed E-state index contributed by atoms with van der Waals surface area (Å²) in [6.45, 7) is 0.710. The van der Waals surface area contributed by atoms with Crippen LogP contribution in [0.2, 0.25) is 0 Å². The molecule has 0 saturated carbocycles. The number of thioether (sulfide) groups is 1. The third kappa shape index (κ3) is 2.96. The van der Waals surface area contributed by atoms with Crippen LogP contribution >= 0.6 is 11.8 Å². The predicted octanol–water partition coefficient (Wildman–Crippen LogP) is 1.08. The number of rotatable bonds is 2. The number of hydrogen-bond donors (Lipinski definition) is 1. The molecule has 3 heterocycles. The molecule has 0 aromatic carbocycles. The number of ether oxygens (including phenoxy) is 1. The summed E-state index contributed by atoms with van der Waals surface area (Å²) in [6.07, 6.45) is 3.00. The summed E-state index contributed by atoms with van der Waals surface area (Å²) in [5.74, 6) is 2.75.